The first-order valence-electron chi connectivity index (χ1n) is 15.4. The van der Waals surface area contributed by atoms with E-state index in [1.54, 1.807) is 0 Å². The number of fused-ring (bicyclic) bond motifs is 1. The van der Waals surface area contributed by atoms with Gasteiger partial charge in [0.1, 0.15) is 12.2 Å². The molecule has 0 unspecified atom stereocenters. The van der Waals surface area contributed by atoms with Gasteiger partial charge in [0.15, 0.2) is 23.2 Å². The minimum Gasteiger partial charge on any atom is -0.433 e. The lowest BCUT2D eigenvalue weighted by Crippen LogP contribution is -2.34. The average molecular weight is 580 g/mol. The fraction of sp³-hybridized carbons (Fsp3) is 0.793. The monoisotopic (exact) mass is 579 g/mol. The maximum absolute atomic E-state index is 12.4. The van der Waals surface area contributed by atoms with Crippen molar-refractivity contribution in [1.82, 2.24) is 19.5 Å². The number of nitrogens with one attached hydrogen (secondary N) is 1. The maximum atomic E-state index is 12.4. The van der Waals surface area contributed by atoms with Crippen LogP contribution >= 0.6 is 11.6 Å². The van der Waals surface area contributed by atoms with Crippen LogP contribution in [0.1, 0.15) is 122 Å². The summed E-state index contributed by atoms with van der Waals surface area (Å²) in [5.74, 6) is 0.0759. The van der Waals surface area contributed by atoms with Gasteiger partial charge in [-0.2, -0.15) is 9.97 Å². The van der Waals surface area contributed by atoms with Crippen LogP contribution in [0.4, 0.5) is 5.82 Å². The molecule has 0 spiro atoms. The molecule has 0 amide bonds. The highest BCUT2D eigenvalue weighted by Gasteiger charge is 2.46. The lowest BCUT2D eigenvalue weighted by Gasteiger charge is -2.17. The van der Waals surface area contributed by atoms with E-state index in [0.29, 0.717) is 23.0 Å². The number of aliphatic hydroxyl groups is 2. The summed E-state index contributed by atoms with van der Waals surface area (Å²) in [5.41, 5.74) is 0.856. The Hall–Kier alpha value is -2.01. The normalized spacial score (nSPS) is 23.3. The van der Waals surface area contributed by atoms with E-state index >= 15 is 0 Å². The molecule has 2 aromatic heterocycles. The van der Waals surface area contributed by atoms with Crippen molar-refractivity contribution in [3.05, 3.63) is 11.6 Å². The predicted octanol–water partition coefficient (Wildman–Crippen LogP) is 6.05. The smallest absolute Gasteiger partial charge is 0.308 e. The lowest BCUT2D eigenvalue weighted by atomic mass is 10.0. The summed E-state index contributed by atoms with van der Waals surface area (Å²) in [6.45, 7) is 2.24. The Morgan fingerprint density at radius 1 is 1.00 bits per heavy atom. The Labute approximate surface area is 242 Å². The molecular weight excluding hydrogens is 534 g/mol. The van der Waals surface area contributed by atoms with E-state index in [1.165, 1.54) is 68.7 Å². The van der Waals surface area contributed by atoms with Crippen molar-refractivity contribution in [2.45, 2.75) is 147 Å². The fourth-order valence-corrected chi connectivity index (χ4v) is 5.86. The van der Waals surface area contributed by atoms with E-state index in [0.717, 1.165) is 44.9 Å². The molecule has 2 fully saturated rings. The summed E-state index contributed by atoms with van der Waals surface area (Å²) in [6.07, 6.45) is 15.6. The molecule has 1 saturated carbocycles. The standard InChI is InChI=1S/C29H46ClN5O5/c1-2-3-4-5-6-7-8-9-10-11-12-13-18-21(36)39-28-24(38)23(37)27(40-28)35-19-31-22-25(32-20-16-14-15-17-20)33-29(30)34-26(22)35/h19-20,23-24,27-28,37-38H,2-18H2,1H3,(H,32,33,34)/t23-,24+,27-,28+/m1/s1. The van der Waals surface area contributed by atoms with E-state index in [9.17, 15) is 15.0 Å². The Morgan fingerprint density at radius 2 is 1.62 bits per heavy atom. The van der Waals surface area contributed by atoms with Gasteiger partial charge < -0.3 is 25.0 Å². The molecule has 3 heterocycles. The highest BCUT2D eigenvalue weighted by atomic mass is 35.5. The van der Waals surface area contributed by atoms with Gasteiger partial charge in [0.05, 0.1) is 6.33 Å². The first kappa shape index (κ1) is 30.9. The number of anilines is 1. The zero-order chi connectivity index (χ0) is 28.3. The zero-order valence-electron chi connectivity index (χ0n) is 23.8. The number of hydrogen-bond donors (Lipinski definition) is 3. The first-order valence-corrected chi connectivity index (χ1v) is 15.7. The van der Waals surface area contributed by atoms with Crippen molar-refractivity contribution < 1.29 is 24.5 Å². The van der Waals surface area contributed by atoms with Crippen LogP contribution in [0.2, 0.25) is 5.28 Å². The predicted molar refractivity (Wildman–Crippen MR) is 154 cm³/mol. The fourth-order valence-electron chi connectivity index (χ4n) is 5.69. The van der Waals surface area contributed by atoms with E-state index in [2.05, 4.69) is 27.2 Å². The number of carbonyl (C=O) groups is 1. The van der Waals surface area contributed by atoms with Crippen molar-refractivity contribution in [2.24, 2.45) is 0 Å². The largest absolute Gasteiger partial charge is 0.433 e. The Bertz CT molecular complexity index is 1060. The molecule has 2 aliphatic rings. The molecule has 4 rings (SSSR count). The second-order valence-corrected chi connectivity index (χ2v) is 11.6. The van der Waals surface area contributed by atoms with Crippen molar-refractivity contribution >= 4 is 34.6 Å². The van der Waals surface area contributed by atoms with Gasteiger partial charge in [-0.15, -0.1) is 0 Å². The van der Waals surface area contributed by atoms with Gasteiger partial charge in [-0.1, -0.05) is 90.4 Å². The molecule has 224 valence electrons. The Kier molecular flexibility index (Phi) is 12.3. The number of hydrogen-bond acceptors (Lipinski definition) is 9. The van der Waals surface area contributed by atoms with Gasteiger partial charge in [0, 0.05) is 12.5 Å². The number of rotatable bonds is 17. The molecule has 40 heavy (non-hydrogen) atoms. The van der Waals surface area contributed by atoms with Gasteiger partial charge in [-0.25, -0.2) is 4.98 Å². The quantitative estimate of drug-likeness (QED) is 0.116. The minimum absolute atomic E-state index is 0.0353. The van der Waals surface area contributed by atoms with Crippen LogP contribution in [0.5, 0.6) is 0 Å². The summed E-state index contributed by atoms with van der Waals surface area (Å²) in [7, 11) is 0. The van der Waals surface area contributed by atoms with Gasteiger partial charge in [-0.3, -0.25) is 9.36 Å². The number of halogens is 1. The third-order valence-corrected chi connectivity index (χ3v) is 8.21. The van der Waals surface area contributed by atoms with Crippen LogP contribution in [-0.4, -0.2) is 60.2 Å². The maximum Gasteiger partial charge on any atom is 0.308 e. The van der Waals surface area contributed by atoms with Crippen molar-refractivity contribution in [3.8, 4) is 0 Å². The summed E-state index contributed by atoms with van der Waals surface area (Å²) < 4.78 is 12.7. The van der Waals surface area contributed by atoms with E-state index in [4.69, 9.17) is 21.1 Å². The summed E-state index contributed by atoms with van der Waals surface area (Å²) in [5, 5.41) is 24.7. The van der Waals surface area contributed by atoms with E-state index in [1.807, 2.05) is 0 Å². The van der Waals surface area contributed by atoms with Crippen LogP contribution in [0.3, 0.4) is 0 Å². The molecule has 4 atom stereocenters. The third kappa shape index (κ3) is 8.50. The molecule has 1 saturated heterocycles. The third-order valence-electron chi connectivity index (χ3n) is 8.04. The Morgan fingerprint density at radius 3 is 2.27 bits per heavy atom. The topological polar surface area (TPSA) is 132 Å². The highest BCUT2D eigenvalue weighted by molar-refractivity contribution is 6.28. The number of ether oxygens (including phenoxy) is 2. The molecular formula is C29H46ClN5O5. The Balaban J connectivity index is 1.20. The summed E-state index contributed by atoms with van der Waals surface area (Å²) >= 11 is 6.21. The number of esters is 1. The highest BCUT2D eigenvalue weighted by Crippen LogP contribution is 2.34. The van der Waals surface area contributed by atoms with E-state index in [-0.39, 0.29) is 11.7 Å². The van der Waals surface area contributed by atoms with Crippen LogP contribution < -0.4 is 5.32 Å². The van der Waals surface area contributed by atoms with E-state index < -0.39 is 30.7 Å². The molecule has 1 aliphatic heterocycles. The van der Waals surface area contributed by atoms with Crippen LogP contribution in [0, 0.1) is 0 Å². The first-order chi connectivity index (χ1) is 19.5. The SMILES string of the molecule is CCCCCCCCCCCCCCC(=O)O[C@H]1O[C@@H](n2cnc3c(NC4CCCC4)nc(Cl)nc32)[C@H](O)[C@@H]1O. The number of aromatic nitrogens is 4. The number of aliphatic hydroxyl groups excluding tert-OH is 2. The van der Waals surface area contributed by atoms with Crippen LogP contribution in [-0.2, 0) is 14.3 Å². The lowest BCUT2D eigenvalue weighted by molar-refractivity contribution is -0.193. The zero-order valence-corrected chi connectivity index (χ0v) is 24.5. The second-order valence-electron chi connectivity index (χ2n) is 11.3. The molecule has 0 radical (unpaired) electrons. The summed E-state index contributed by atoms with van der Waals surface area (Å²) in [4.78, 5) is 25.5. The van der Waals surface area contributed by atoms with Gasteiger partial charge in [0.2, 0.25) is 11.6 Å². The minimum atomic E-state index is -1.40. The average Bonchev–Trinajstić information content (AvgIpc) is 3.66. The summed E-state index contributed by atoms with van der Waals surface area (Å²) in [6, 6.07) is 0.295. The number of unbranched alkanes of at least 4 members (excludes halogenated alkanes) is 11. The number of nitrogens with zero attached hydrogens (tertiary/aromatic N) is 4. The van der Waals surface area contributed by atoms with Gasteiger partial charge >= 0.3 is 5.97 Å². The number of imidazole rings is 1. The molecule has 10 nitrogen and oxygen atoms in total. The van der Waals surface area contributed by atoms with Crippen molar-refractivity contribution in [3.63, 3.8) is 0 Å². The number of carbonyl (C=O) groups excluding carboxylic acids is 1. The second kappa shape index (κ2) is 15.8. The molecule has 1 aliphatic carbocycles. The molecule has 11 heteroatoms. The molecule has 2 aromatic rings. The van der Waals surface area contributed by atoms with Crippen molar-refractivity contribution in [2.75, 3.05) is 5.32 Å². The molecule has 0 aromatic carbocycles. The molecule has 3 N–H and O–H groups in total. The van der Waals surface area contributed by atoms with Crippen LogP contribution in [0.15, 0.2) is 6.33 Å². The van der Waals surface area contributed by atoms with Gasteiger partial charge in [-0.05, 0) is 30.9 Å². The van der Waals surface area contributed by atoms with Crippen molar-refractivity contribution in [1.29, 1.82) is 0 Å². The van der Waals surface area contributed by atoms with Crippen LogP contribution in [0.25, 0.3) is 11.2 Å². The molecule has 0 bridgehead atoms. The van der Waals surface area contributed by atoms with Gasteiger partial charge in [0.25, 0.3) is 0 Å².